The summed E-state index contributed by atoms with van der Waals surface area (Å²) in [5, 5.41) is 16.0. The number of hydrogen-bond donors (Lipinski definition) is 2. The molecular weight excluding hydrogens is 534 g/mol. The number of amides is 1. The second-order valence-electron chi connectivity index (χ2n) is 10.6. The molecule has 2 atom stereocenters. The maximum atomic E-state index is 14.3. The second kappa shape index (κ2) is 13.4. The quantitative estimate of drug-likeness (QED) is 0.118. The van der Waals surface area contributed by atoms with Crippen LogP contribution in [0.1, 0.15) is 47.6 Å². The molecular formula is C32H35N5O5. The maximum absolute atomic E-state index is 14.3. The number of aliphatic imine (C=N–C) groups is 1. The lowest BCUT2D eigenvalue weighted by molar-refractivity contribution is -0.129. The van der Waals surface area contributed by atoms with Crippen molar-refractivity contribution < 1.29 is 24.1 Å². The van der Waals surface area contributed by atoms with Crippen LogP contribution < -0.4 is 14.8 Å². The van der Waals surface area contributed by atoms with Crippen molar-refractivity contribution in [2.24, 2.45) is 16.0 Å². The molecule has 42 heavy (non-hydrogen) atoms. The standard InChI is InChI=1S/C32H35N5O5/c1-40-28-9-4-8-24(18-28)29-32(31(39)34-20-22-10-11-22,19-25-6-2-3-7-26(25)21-35-37-33)36-30(42-29)23-12-14-27(15-13-23)41-17-5-16-38/h2-4,6-9,12-15,18,22,29,38H,5,10-11,16-17,19-21H2,1H3,(H,34,39)/t29-,32-/m1/s1. The third kappa shape index (κ3) is 6.67. The molecule has 0 spiro atoms. The number of aliphatic hydroxyl groups excluding tert-OH is 1. The van der Waals surface area contributed by atoms with Crippen molar-refractivity contribution in [2.75, 3.05) is 26.9 Å². The molecule has 1 fully saturated rings. The molecule has 0 aromatic heterocycles. The van der Waals surface area contributed by atoms with Crippen molar-refractivity contribution in [3.8, 4) is 11.5 Å². The van der Waals surface area contributed by atoms with E-state index in [1.807, 2.05) is 72.8 Å². The topological polar surface area (TPSA) is 138 Å². The summed E-state index contributed by atoms with van der Waals surface area (Å²) in [6.45, 7) is 1.21. The number of carbonyl (C=O) groups excluding carboxylic acids is 1. The average Bonchev–Trinajstić information content (AvgIpc) is 3.78. The summed E-state index contributed by atoms with van der Waals surface area (Å²) in [5.41, 5.74) is 10.8. The van der Waals surface area contributed by atoms with Crippen molar-refractivity contribution in [3.63, 3.8) is 0 Å². The number of azide groups is 1. The summed E-state index contributed by atoms with van der Waals surface area (Å²) in [6.07, 6.45) is 2.21. The molecule has 1 amide bonds. The number of nitrogens with zero attached hydrogens (tertiary/aromatic N) is 4. The van der Waals surface area contributed by atoms with Crippen LogP contribution in [0.15, 0.2) is 82.9 Å². The molecule has 0 saturated heterocycles. The first-order valence-electron chi connectivity index (χ1n) is 14.2. The Hall–Kier alpha value is -4.53. The third-order valence-electron chi connectivity index (χ3n) is 7.56. The van der Waals surface area contributed by atoms with Gasteiger partial charge >= 0.3 is 0 Å². The molecule has 0 bridgehead atoms. The Balaban J connectivity index is 1.58. The van der Waals surface area contributed by atoms with Crippen LogP contribution in [-0.2, 0) is 22.5 Å². The van der Waals surface area contributed by atoms with Crippen LogP contribution in [-0.4, -0.2) is 49.3 Å². The van der Waals surface area contributed by atoms with Crippen molar-refractivity contribution in [1.82, 2.24) is 5.32 Å². The summed E-state index contributed by atoms with van der Waals surface area (Å²) in [5.74, 6) is 1.90. The zero-order valence-corrected chi connectivity index (χ0v) is 23.6. The number of nitrogens with one attached hydrogen (secondary N) is 1. The van der Waals surface area contributed by atoms with Gasteiger partial charge in [-0.3, -0.25) is 4.79 Å². The number of aliphatic hydroxyl groups is 1. The Labute approximate surface area is 245 Å². The molecule has 1 aliphatic carbocycles. The number of carbonyl (C=O) groups is 1. The van der Waals surface area contributed by atoms with Crippen LogP contribution in [0.2, 0.25) is 0 Å². The second-order valence-corrected chi connectivity index (χ2v) is 10.6. The van der Waals surface area contributed by atoms with E-state index in [0.717, 1.165) is 29.5 Å². The first-order chi connectivity index (χ1) is 20.6. The molecule has 10 nitrogen and oxygen atoms in total. The molecule has 0 unspecified atom stereocenters. The van der Waals surface area contributed by atoms with E-state index >= 15 is 0 Å². The van der Waals surface area contributed by atoms with Gasteiger partial charge < -0.3 is 24.6 Å². The van der Waals surface area contributed by atoms with Crippen LogP contribution in [0.5, 0.6) is 11.5 Å². The molecule has 10 heteroatoms. The largest absolute Gasteiger partial charge is 0.497 e. The predicted octanol–water partition coefficient (Wildman–Crippen LogP) is 5.29. The summed E-state index contributed by atoms with van der Waals surface area (Å²) < 4.78 is 17.8. The summed E-state index contributed by atoms with van der Waals surface area (Å²) in [6, 6.07) is 22.5. The molecule has 0 radical (unpaired) electrons. The SMILES string of the molecule is COc1cccc([C@H]2OC(c3ccc(OCCCO)cc3)=N[C@@]2(Cc2ccccc2CN=[N+]=[N-])C(=O)NCC2CC2)c1. The molecule has 3 aromatic carbocycles. The van der Waals surface area contributed by atoms with Gasteiger partial charge in [0.05, 0.1) is 20.3 Å². The minimum atomic E-state index is -1.35. The van der Waals surface area contributed by atoms with Crippen LogP contribution in [0, 0.1) is 5.92 Å². The van der Waals surface area contributed by atoms with Crippen LogP contribution >= 0.6 is 0 Å². The van der Waals surface area contributed by atoms with E-state index in [-0.39, 0.29) is 25.5 Å². The van der Waals surface area contributed by atoms with Gasteiger partial charge in [0, 0.05) is 36.5 Å². The number of rotatable bonds is 14. The first-order valence-corrected chi connectivity index (χ1v) is 14.2. The van der Waals surface area contributed by atoms with Gasteiger partial charge in [0.2, 0.25) is 5.90 Å². The minimum absolute atomic E-state index is 0.0608. The normalized spacial score (nSPS) is 19.3. The molecule has 1 saturated carbocycles. The molecule has 218 valence electrons. The summed E-state index contributed by atoms with van der Waals surface area (Å²) >= 11 is 0. The van der Waals surface area contributed by atoms with Crippen LogP contribution in [0.3, 0.4) is 0 Å². The summed E-state index contributed by atoms with van der Waals surface area (Å²) in [4.78, 5) is 22.3. The zero-order valence-electron chi connectivity index (χ0n) is 23.6. The molecule has 1 aliphatic heterocycles. The van der Waals surface area contributed by atoms with Crippen molar-refractivity contribution >= 4 is 11.8 Å². The Morgan fingerprint density at radius 2 is 1.90 bits per heavy atom. The van der Waals surface area contributed by atoms with Crippen molar-refractivity contribution in [2.45, 2.75) is 43.9 Å². The Morgan fingerprint density at radius 1 is 1.12 bits per heavy atom. The third-order valence-corrected chi connectivity index (χ3v) is 7.56. The Kier molecular flexibility index (Phi) is 9.26. The monoisotopic (exact) mass is 569 g/mol. The van der Waals surface area contributed by atoms with Crippen molar-refractivity contribution in [3.05, 3.63) is 105 Å². The lowest BCUT2D eigenvalue weighted by Crippen LogP contribution is -2.50. The molecule has 3 aromatic rings. The first kappa shape index (κ1) is 29.0. The van der Waals surface area contributed by atoms with E-state index in [1.54, 1.807) is 7.11 Å². The molecule has 2 aliphatic rings. The van der Waals surface area contributed by atoms with Gasteiger partial charge in [-0.05, 0) is 77.4 Å². The Morgan fingerprint density at radius 3 is 2.62 bits per heavy atom. The highest BCUT2D eigenvalue weighted by Crippen LogP contribution is 2.44. The van der Waals surface area contributed by atoms with Crippen molar-refractivity contribution in [1.29, 1.82) is 0 Å². The summed E-state index contributed by atoms with van der Waals surface area (Å²) in [7, 11) is 1.60. The fourth-order valence-electron chi connectivity index (χ4n) is 5.08. The van der Waals surface area contributed by atoms with E-state index < -0.39 is 11.6 Å². The maximum Gasteiger partial charge on any atom is 0.252 e. The lowest BCUT2D eigenvalue weighted by atomic mass is 9.80. The van der Waals surface area contributed by atoms with Crippen LogP contribution in [0.4, 0.5) is 0 Å². The van der Waals surface area contributed by atoms with E-state index in [9.17, 15) is 4.79 Å². The fourth-order valence-corrected chi connectivity index (χ4v) is 5.08. The van der Waals surface area contributed by atoms with Gasteiger partial charge in [-0.15, -0.1) is 0 Å². The van der Waals surface area contributed by atoms with E-state index in [4.69, 9.17) is 29.8 Å². The number of ether oxygens (including phenoxy) is 3. The minimum Gasteiger partial charge on any atom is -0.497 e. The Bertz CT molecular complexity index is 1470. The number of benzene rings is 3. The van der Waals surface area contributed by atoms with E-state index in [1.165, 1.54) is 0 Å². The molecule has 1 heterocycles. The van der Waals surface area contributed by atoms with Gasteiger partial charge in [0.15, 0.2) is 11.6 Å². The molecule has 5 rings (SSSR count). The molecule has 2 N–H and O–H groups in total. The van der Waals surface area contributed by atoms with E-state index in [2.05, 4.69) is 15.3 Å². The highest BCUT2D eigenvalue weighted by molar-refractivity contribution is 6.01. The van der Waals surface area contributed by atoms with Gasteiger partial charge in [-0.25, -0.2) is 4.99 Å². The van der Waals surface area contributed by atoms with Gasteiger partial charge in [0.1, 0.15) is 11.5 Å². The van der Waals surface area contributed by atoms with E-state index in [0.29, 0.717) is 48.5 Å². The zero-order chi connectivity index (χ0) is 29.4. The van der Waals surface area contributed by atoms with Gasteiger partial charge in [-0.2, -0.15) is 0 Å². The number of hydrogen-bond acceptors (Lipinski definition) is 7. The predicted molar refractivity (Wildman–Crippen MR) is 158 cm³/mol. The lowest BCUT2D eigenvalue weighted by Gasteiger charge is -2.31. The average molecular weight is 570 g/mol. The highest BCUT2D eigenvalue weighted by atomic mass is 16.5. The highest BCUT2D eigenvalue weighted by Gasteiger charge is 2.53. The van der Waals surface area contributed by atoms with Crippen LogP contribution in [0.25, 0.3) is 10.4 Å². The van der Waals surface area contributed by atoms with Gasteiger partial charge in [0.25, 0.3) is 5.91 Å². The van der Waals surface area contributed by atoms with Gasteiger partial charge in [-0.1, -0.05) is 41.5 Å². The smallest absolute Gasteiger partial charge is 0.252 e. The fraction of sp³-hybridized carbons (Fsp3) is 0.375. The number of methoxy groups -OCH3 is 1.